The first-order valence-electron chi connectivity index (χ1n) is 23.7. The van der Waals surface area contributed by atoms with Crippen molar-refractivity contribution in [1.29, 1.82) is 0 Å². The van der Waals surface area contributed by atoms with E-state index in [0.717, 1.165) is 22.2 Å². The Morgan fingerprint density at radius 1 is 1.05 bits per heavy atom. The lowest BCUT2D eigenvalue weighted by Crippen LogP contribution is -2.50. The lowest BCUT2D eigenvalue weighted by atomic mass is 9.91. The molecule has 5 amide bonds. The van der Waals surface area contributed by atoms with Gasteiger partial charge in [0.1, 0.15) is 53.0 Å². The Morgan fingerprint density at radius 3 is 2.49 bits per heavy atom. The number of hydrogen-bond acceptors (Lipinski definition) is 15. The van der Waals surface area contributed by atoms with Crippen molar-refractivity contribution in [2.75, 3.05) is 69.7 Å². The van der Waals surface area contributed by atoms with E-state index in [4.69, 9.17) is 26.6 Å². The van der Waals surface area contributed by atoms with Gasteiger partial charge >= 0.3 is 6.03 Å². The third kappa shape index (κ3) is 11.4. The minimum absolute atomic E-state index is 0.00870. The second kappa shape index (κ2) is 22.3. The van der Waals surface area contributed by atoms with Gasteiger partial charge in [-0.3, -0.25) is 14.4 Å². The molecular formula is C50H56ClF2N11O8S. The number of anilines is 2. The van der Waals surface area contributed by atoms with Crippen molar-refractivity contribution >= 4 is 69.4 Å². The number of thiazole rings is 1. The summed E-state index contributed by atoms with van der Waals surface area (Å²) in [6.07, 6.45) is -0.872. The molecule has 19 nitrogen and oxygen atoms in total. The van der Waals surface area contributed by atoms with Crippen molar-refractivity contribution < 1.29 is 47.4 Å². The molecular weight excluding hydrogens is 988 g/mol. The average molecular weight is 1040 g/mol. The average Bonchev–Trinajstić information content (AvgIpc) is 4.10. The number of aliphatic hydroxyl groups is 1. The molecule has 0 saturated carbocycles. The number of carbonyl (C=O) groups is 4. The van der Waals surface area contributed by atoms with Crippen molar-refractivity contribution in [2.24, 2.45) is 11.7 Å². The van der Waals surface area contributed by atoms with E-state index in [1.54, 1.807) is 25.5 Å². The number of ether oxygens (including phenoxy) is 1. The number of aryl methyl sites for hydroxylation is 2. The number of rotatable bonds is 17. The van der Waals surface area contributed by atoms with Gasteiger partial charge in [0.15, 0.2) is 5.82 Å². The summed E-state index contributed by atoms with van der Waals surface area (Å²) in [4.78, 5) is 73.8. The van der Waals surface area contributed by atoms with Crippen LogP contribution in [0.1, 0.15) is 55.3 Å². The number of aliphatic hydroxyl groups excluding tert-OH is 1. The number of nitrogens with zero attached hydrogens (tertiary/aromatic N) is 8. The molecule has 5 heterocycles. The van der Waals surface area contributed by atoms with E-state index in [2.05, 4.69) is 30.7 Å². The number of phenols is 1. The van der Waals surface area contributed by atoms with Gasteiger partial charge in [-0.2, -0.15) is 4.98 Å². The smallest absolute Gasteiger partial charge is 0.314 e. The van der Waals surface area contributed by atoms with E-state index >= 15 is 8.78 Å². The number of hydrogen-bond donors (Lipinski definition) is 5. The maximum atomic E-state index is 16.6. The number of nitrogens with one attached hydrogen (secondary N) is 2. The molecule has 2 aliphatic heterocycles. The Bertz CT molecular complexity index is 3020. The summed E-state index contributed by atoms with van der Waals surface area (Å²) < 4.78 is 43.5. The van der Waals surface area contributed by atoms with Crippen LogP contribution in [0.4, 0.5) is 25.3 Å². The molecule has 8 rings (SSSR count). The lowest BCUT2D eigenvalue weighted by molar-refractivity contribution is -0.141. The van der Waals surface area contributed by atoms with Crippen molar-refractivity contribution in [3.63, 3.8) is 0 Å². The van der Waals surface area contributed by atoms with Crippen LogP contribution in [0.3, 0.4) is 0 Å². The molecule has 0 radical (unpaired) electrons. The normalized spacial score (nSPS) is 16.3. The van der Waals surface area contributed by atoms with Gasteiger partial charge in [-0.25, -0.2) is 23.5 Å². The Kier molecular flexibility index (Phi) is 15.9. The van der Waals surface area contributed by atoms with Gasteiger partial charge in [0.25, 0.3) is 0 Å². The minimum atomic E-state index is -0.999. The molecule has 3 aromatic heterocycles. The molecule has 23 heteroatoms. The highest BCUT2D eigenvalue weighted by Crippen LogP contribution is 2.43. The van der Waals surface area contributed by atoms with Crippen molar-refractivity contribution in [2.45, 2.75) is 65.1 Å². The number of primary amides is 1. The molecule has 386 valence electrons. The largest absolute Gasteiger partial charge is 0.507 e. The van der Waals surface area contributed by atoms with Gasteiger partial charge in [-0.15, -0.1) is 11.3 Å². The van der Waals surface area contributed by atoms with Gasteiger partial charge in [-0.05, 0) is 49.6 Å². The highest BCUT2D eigenvalue weighted by atomic mass is 35.5. The summed E-state index contributed by atoms with van der Waals surface area (Å²) >= 11 is 8.06. The molecule has 0 bridgehead atoms. The third-order valence-corrected chi connectivity index (χ3v) is 14.3. The number of aromatic hydroxyl groups is 1. The number of piperazine rings is 1. The van der Waals surface area contributed by atoms with Crippen LogP contribution in [0.2, 0.25) is 5.02 Å². The van der Waals surface area contributed by atoms with Crippen molar-refractivity contribution in [3.05, 3.63) is 93.4 Å². The van der Waals surface area contributed by atoms with Crippen LogP contribution in [-0.4, -0.2) is 140 Å². The van der Waals surface area contributed by atoms with Crippen molar-refractivity contribution in [1.82, 2.24) is 40.1 Å². The fraction of sp³-hybridized carbons (Fsp3) is 0.400. The molecule has 73 heavy (non-hydrogen) atoms. The van der Waals surface area contributed by atoms with Crippen LogP contribution in [-0.2, 0) is 20.9 Å². The van der Waals surface area contributed by atoms with Crippen LogP contribution in [0.25, 0.3) is 32.5 Å². The maximum Gasteiger partial charge on any atom is 0.314 e. The zero-order valence-corrected chi connectivity index (χ0v) is 42.4. The quantitative estimate of drug-likeness (QED) is 0.0681. The van der Waals surface area contributed by atoms with Gasteiger partial charge in [-0.1, -0.05) is 48.8 Å². The summed E-state index contributed by atoms with van der Waals surface area (Å²) in [6.45, 7) is 8.82. The predicted octanol–water partition coefficient (Wildman–Crippen LogP) is 6.22. The van der Waals surface area contributed by atoms with Crippen LogP contribution in [0.15, 0.2) is 58.6 Å². The first-order valence-corrected chi connectivity index (χ1v) is 25.0. The van der Waals surface area contributed by atoms with E-state index in [1.165, 1.54) is 44.2 Å². The first kappa shape index (κ1) is 52.2. The summed E-state index contributed by atoms with van der Waals surface area (Å²) in [5.41, 5.74) is 9.14. The summed E-state index contributed by atoms with van der Waals surface area (Å²) in [5, 5.41) is 31.2. The molecule has 6 aromatic rings. The van der Waals surface area contributed by atoms with Gasteiger partial charge in [0, 0.05) is 88.3 Å². The molecule has 2 fully saturated rings. The molecule has 6 N–H and O–H groups in total. The number of urea groups is 1. The number of benzene rings is 3. The van der Waals surface area contributed by atoms with E-state index in [9.17, 15) is 29.4 Å². The fourth-order valence-corrected chi connectivity index (χ4v) is 10.2. The minimum Gasteiger partial charge on any atom is -0.507 e. The highest BCUT2D eigenvalue weighted by Gasteiger charge is 2.43. The van der Waals surface area contributed by atoms with Gasteiger partial charge in [0.2, 0.25) is 23.7 Å². The fourth-order valence-electron chi connectivity index (χ4n) is 9.12. The molecule has 2 saturated heterocycles. The molecule has 2 aliphatic rings. The predicted molar refractivity (Wildman–Crippen MR) is 270 cm³/mol. The number of carbonyl (C=O) groups excluding carboxylic acids is 4. The van der Waals surface area contributed by atoms with Gasteiger partial charge < -0.3 is 55.4 Å². The number of phenolic OH excluding ortho intramolecular Hbond substituents is 1. The first-order chi connectivity index (χ1) is 34.9. The van der Waals surface area contributed by atoms with Crippen LogP contribution >= 0.6 is 22.9 Å². The van der Waals surface area contributed by atoms with Crippen LogP contribution in [0.5, 0.6) is 11.5 Å². The Labute approximate surface area is 428 Å². The lowest BCUT2D eigenvalue weighted by Gasteiger charge is -2.35. The second-order valence-corrected chi connectivity index (χ2v) is 19.7. The molecule has 3 atom stereocenters. The zero-order valence-electron chi connectivity index (χ0n) is 40.8. The van der Waals surface area contributed by atoms with E-state index in [1.807, 2.05) is 43.9 Å². The summed E-state index contributed by atoms with van der Waals surface area (Å²) in [7, 11) is 1.62. The second-order valence-electron chi connectivity index (χ2n) is 18.4. The molecule has 3 aromatic carbocycles. The molecule has 0 aliphatic carbocycles. The SMILES string of the molecule is Cc1cc([C@@H](C(=O)N2C[C@H](O)C[C@H]2C(=O)NCc2ccc(-c3scnc3C)cc2OCCN(C)C(=O)CCNc2nc(N3CCN(C(N)=O)CC3)c3cc(Cl)c(-c4c(O)cccc4F)c(F)c3n2)C(C)C)on1. The standard InChI is InChI=1S/C50H56ClF2N11O8S/c1-26(2)40(38-19-27(3)60-72-38)48(69)64-24-31(65)21-35(64)47(68)56-23-30-10-9-29(45-28(4)57-25-73-45)20-37(30)71-18-17-61(5)39(67)11-12-55-50-58-44-32(46(59-50)62-13-15-63(16-14-62)49(54)70)22-33(51)41(43(44)53)42-34(52)7-6-8-36(42)66/h6-10,19-20,22,25-26,31,35,40,65-66H,11-18,21,23-24H2,1-5H3,(H2,54,70)(H,56,68)(H,55,58,59)/t31-,35+,40+/m1/s1. The number of aromatic nitrogens is 4. The zero-order chi connectivity index (χ0) is 52.2. The number of likely N-dealkylation sites (N-methyl/N-ethyl adjacent to an activating group) is 1. The van der Waals surface area contributed by atoms with E-state index < -0.39 is 52.9 Å². The Hall–Kier alpha value is -7.17. The van der Waals surface area contributed by atoms with Crippen LogP contribution in [0, 0.1) is 31.4 Å². The number of fused-ring (bicyclic) bond motifs is 1. The number of nitrogens with two attached hydrogens (primary N) is 1. The van der Waals surface area contributed by atoms with Crippen LogP contribution < -0.4 is 26.0 Å². The third-order valence-electron chi connectivity index (χ3n) is 13.0. The molecule has 0 unspecified atom stereocenters. The van der Waals surface area contributed by atoms with E-state index in [0.29, 0.717) is 22.8 Å². The molecule has 0 spiro atoms. The Balaban J connectivity index is 0.938. The number of amides is 5. The monoisotopic (exact) mass is 1040 g/mol. The van der Waals surface area contributed by atoms with E-state index in [-0.39, 0.29) is 123 Å². The number of likely N-dealkylation sites (tertiary alicyclic amines) is 1. The summed E-state index contributed by atoms with van der Waals surface area (Å²) in [5.74, 6) is -3.25. The maximum absolute atomic E-state index is 16.6. The number of β-amino-alcohol motifs (C(OH)–C–C–N with tert-alkyl or cyclic N) is 1. The Morgan fingerprint density at radius 2 is 1.82 bits per heavy atom. The summed E-state index contributed by atoms with van der Waals surface area (Å²) in [6, 6.07) is 10.8. The highest BCUT2D eigenvalue weighted by molar-refractivity contribution is 7.13. The van der Waals surface area contributed by atoms with Gasteiger partial charge in [0.05, 0.1) is 45.0 Å². The van der Waals surface area contributed by atoms with Crippen molar-refractivity contribution in [3.8, 4) is 33.1 Å². The number of halogens is 3. The topological polar surface area (TPSA) is 246 Å².